The van der Waals surface area contributed by atoms with Crippen molar-refractivity contribution in [3.8, 4) is 11.5 Å². The van der Waals surface area contributed by atoms with Gasteiger partial charge in [-0.1, -0.05) is 12.1 Å². The largest absolute Gasteiger partial charge is 0.497 e. The third-order valence-electron chi connectivity index (χ3n) is 4.84. The number of hydrogen-bond acceptors (Lipinski definition) is 4. The maximum atomic E-state index is 12.4. The Morgan fingerprint density at radius 2 is 1.62 bits per heavy atom. The number of ether oxygens (including phenoxy) is 2. The fourth-order valence-electron chi connectivity index (χ4n) is 3.22. The van der Waals surface area contributed by atoms with Gasteiger partial charge in [0.1, 0.15) is 11.5 Å². The molecule has 2 amide bonds. The number of anilines is 1. The molecule has 156 valence electrons. The molecule has 0 spiro atoms. The highest BCUT2D eigenvalue weighted by atomic mass is 19.3. The highest BCUT2D eigenvalue weighted by Gasteiger charge is 2.21. The van der Waals surface area contributed by atoms with Gasteiger partial charge in [0.25, 0.3) is 0 Å². The van der Waals surface area contributed by atoms with Crippen LogP contribution in [-0.4, -0.2) is 57.4 Å². The Labute approximate surface area is 169 Å². The van der Waals surface area contributed by atoms with Crippen LogP contribution in [0.5, 0.6) is 11.5 Å². The molecular formula is C21H25F2N3O3. The molecule has 0 aromatic heterocycles. The van der Waals surface area contributed by atoms with Gasteiger partial charge in [0.15, 0.2) is 0 Å². The van der Waals surface area contributed by atoms with Crippen LogP contribution in [0.1, 0.15) is 5.56 Å². The zero-order chi connectivity index (χ0) is 20.6. The van der Waals surface area contributed by atoms with Crippen LogP contribution in [0.4, 0.5) is 19.3 Å². The number of piperazine rings is 1. The number of urea groups is 1. The molecule has 1 fully saturated rings. The van der Waals surface area contributed by atoms with Gasteiger partial charge in [-0.25, -0.2) is 4.79 Å². The first-order valence-electron chi connectivity index (χ1n) is 9.50. The molecule has 29 heavy (non-hydrogen) atoms. The quantitative estimate of drug-likeness (QED) is 0.768. The van der Waals surface area contributed by atoms with Gasteiger partial charge in [-0.15, -0.1) is 0 Å². The van der Waals surface area contributed by atoms with Crippen LogP contribution < -0.4 is 19.7 Å². The van der Waals surface area contributed by atoms with E-state index in [9.17, 15) is 13.6 Å². The fraction of sp³-hybridized carbons (Fsp3) is 0.381. The Morgan fingerprint density at radius 3 is 2.21 bits per heavy atom. The van der Waals surface area contributed by atoms with E-state index >= 15 is 0 Å². The van der Waals surface area contributed by atoms with Crippen molar-refractivity contribution in [2.45, 2.75) is 13.0 Å². The monoisotopic (exact) mass is 405 g/mol. The maximum Gasteiger partial charge on any atom is 0.387 e. The van der Waals surface area contributed by atoms with Gasteiger partial charge in [0.2, 0.25) is 0 Å². The summed E-state index contributed by atoms with van der Waals surface area (Å²) in [5.74, 6) is 0.950. The molecule has 1 aliphatic rings. The molecule has 6 nitrogen and oxygen atoms in total. The Bertz CT molecular complexity index is 777. The lowest BCUT2D eigenvalue weighted by molar-refractivity contribution is -0.0498. The van der Waals surface area contributed by atoms with E-state index in [1.165, 1.54) is 12.1 Å². The number of benzene rings is 2. The minimum atomic E-state index is -2.83. The van der Waals surface area contributed by atoms with Crippen molar-refractivity contribution < 1.29 is 23.0 Å². The van der Waals surface area contributed by atoms with Gasteiger partial charge in [-0.3, -0.25) is 0 Å². The molecule has 2 aromatic rings. The normalized spacial score (nSPS) is 14.1. The Balaban J connectivity index is 1.39. The van der Waals surface area contributed by atoms with Crippen LogP contribution in [0, 0.1) is 0 Å². The van der Waals surface area contributed by atoms with Crippen molar-refractivity contribution in [3.05, 3.63) is 54.1 Å². The number of carbonyl (C=O) groups is 1. The molecule has 0 atom stereocenters. The zero-order valence-electron chi connectivity index (χ0n) is 16.3. The van der Waals surface area contributed by atoms with E-state index in [4.69, 9.17) is 4.74 Å². The van der Waals surface area contributed by atoms with Crippen LogP contribution in [-0.2, 0) is 6.42 Å². The third-order valence-corrected chi connectivity index (χ3v) is 4.84. The smallest absolute Gasteiger partial charge is 0.387 e. The number of amides is 2. The maximum absolute atomic E-state index is 12.4. The molecule has 0 radical (unpaired) electrons. The molecule has 2 aromatic carbocycles. The van der Waals surface area contributed by atoms with E-state index in [1.807, 2.05) is 24.3 Å². The Kier molecular flexibility index (Phi) is 7.10. The van der Waals surface area contributed by atoms with E-state index in [1.54, 1.807) is 24.1 Å². The molecule has 1 heterocycles. The Morgan fingerprint density at radius 1 is 1.00 bits per heavy atom. The number of nitrogens with one attached hydrogen (secondary N) is 1. The number of carbonyl (C=O) groups excluding carboxylic acids is 1. The lowest BCUT2D eigenvalue weighted by Gasteiger charge is -2.36. The zero-order valence-corrected chi connectivity index (χ0v) is 16.3. The van der Waals surface area contributed by atoms with Crippen molar-refractivity contribution in [2.75, 3.05) is 44.7 Å². The molecule has 0 aliphatic carbocycles. The number of methoxy groups -OCH3 is 1. The molecular weight excluding hydrogens is 380 g/mol. The fourth-order valence-corrected chi connectivity index (χ4v) is 3.22. The van der Waals surface area contributed by atoms with Gasteiger partial charge in [-0.2, -0.15) is 8.78 Å². The first-order chi connectivity index (χ1) is 14.0. The average molecular weight is 405 g/mol. The van der Waals surface area contributed by atoms with Crippen molar-refractivity contribution >= 4 is 11.7 Å². The predicted octanol–water partition coefficient (Wildman–Crippen LogP) is 3.37. The molecule has 8 heteroatoms. The average Bonchev–Trinajstić information content (AvgIpc) is 2.75. The highest BCUT2D eigenvalue weighted by Crippen LogP contribution is 2.20. The second-order valence-corrected chi connectivity index (χ2v) is 6.68. The summed E-state index contributed by atoms with van der Waals surface area (Å²) < 4.78 is 33.8. The lowest BCUT2D eigenvalue weighted by atomic mass is 10.1. The van der Waals surface area contributed by atoms with Crippen molar-refractivity contribution in [2.24, 2.45) is 0 Å². The Hall–Kier alpha value is -3.03. The second kappa shape index (κ2) is 9.95. The summed E-state index contributed by atoms with van der Waals surface area (Å²) in [4.78, 5) is 16.4. The summed E-state index contributed by atoms with van der Waals surface area (Å²) >= 11 is 0. The van der Waals surface area contributed by atoms with Gasteiger partial charge >= 0.3 is 12.6 Å². The highest BCUT2D eigenvalue weighted by molar-refractivity contribution is 5.74. The second-order valence-electron chi connectivity index (χ2n) is 6.68. The van der Waals surface area contributed by atoms with E-state index in [0.29, 0.717) is 26.1 Å². The summed E-state index contributed by atoms with van der Waals surface area (Å²) in [5, 5.41) is 2.92. The molecule has 0 saturated carbocycles. The molecule has 1 saturated heterocycles. The first-order valence-corrected chi connectivity index (χ1v) is 9.50. The molecule has 1 N–H and O–H groups in total. The van der Waals surface area contributed by atoms with Crippen molar-refractivity contribution in [1.82, 2.24) is 10.2 Å². The van der Waals surface area contributed by atoms with E-state index < -0.39 is 6.61 Å². The minimum absolute atomic E-state index is 0.0861. The van der Waals surface area contributed by atoms with Crippen LogP contribution in [0.2, 0.25) is 0 Å². The minimum Gasteiger partial charge on any atom is -0.497 e. The number of nitrogens with zero attached hydrogens (tertiary/aromatic N) is 2. The number of hydrogen-bond donors (Lipinski definition) is 1. The number of halogens is 2. The van der Waals surface area contributed by atoms with Crippen LogP contribution in [0.25, 0.3) is 0 Å². The van der Waals surface area contributed by atoms with Gasteiger partial charge in [0, 0.05) is 38.4 Å². The van der Waals surface area contributed by atoms with Crippen molar-refractivity contribution in [1.29, 1.82) is 0 Å². The summed E-state index contributed by atoms with van der Waals surface area (Å²) in [6, 6.07) is 14.3. The molecule has 0 unspecified atom stereocenters. The van der Waals surface area contributed by atoms with Crippen LogP contribution >= 0.6 is 0 Å². The SMILES string of the molecule is COc1ccc(N2CCN(C(=O)NCCc3ccc(OC(F)F)cc3)CC2)cc1. The number of rotatable bonds is 7. The van der Waals surface area contributed by atoms with E-state index in [0.717, 1.165) is 30.1 Å². The van der Waals surface area contributed by atoms with Crippen molar-refractivity contribution in [3.63, 3.8) is 0 Å². The standard InChI is InChI=1S/C21H25F2N3O3/c1-28-18-8-4-17(5-9-18)25-12-14-26(15-13-25)21(27)24-11-10-16-2-6-19(7-3-16)29-20(22)23/h2-9,20H,10-15H2,1H3,(H,24,27). The molecule has 0 bridgehead atoms. The van der Waals surface area contributed by atoms with E-state index in [-0.39, 0.29) is 11.8 Å². The molecule has 3 rings (SSSR count). The van der Waals surface area contributed by atoms with Gasteiger partial charge in [-0.05, 0) is 48.4 Å². The predicted molar refractivity (Wildman–Crippen MR) is 107 cm³/mol. The van der Waals surface area contributed by atoms with Gasteiger partial charge < -0.3 is 24.6 Å². The topological polar surface area (TPSA) is 54.0 Å². The van der Waals surface area contributed by atoms with Crippen LogP contribution in [0.3, 0.4) is 0 Å². The summed E-state index contributed by atoms with van der Waals surface area (Å²) in [6.07, 6.45) is 0.618. The van der Waals surface area contributed by atoms with Gasteiger partial charge in [0.05, 0.1) is 7.11 Å². The lowest BCUT2D eigenvalue weighted by Crippen LogP contribution is -2.52. The first kappa shape index (κ1) is 20.7. The number of alkyl halides is 2. The summed E-state index contributed by atoms with van der Waals surface area (Å²) in [7, 11) is 1.64. The summed E-state index contributed by atoms with van der Waals surface area (Å²) in [5.41, 5.74) is 2.06. The molecule has 1 aliphatic heterocycles. The van der Waals surface area contributed by atoms with Crippen LogP contribution in [0.15, 0.2) is 48.5 Å². The summed E-state index contributed by atoms with van der Waals surface area (Å²) in [6.45, 7) is 0.489. The third kappa shape index (κ3) is 5.97. The van der Waals surface area contributed by atoms with E-state index in [2.05, 4.69) is 15.0 Å².